The summed E-state index contributed by atoms with van der Waals surface area (Å²) in [6.45, 7) is 6.11. The van der Waals surface area contributed by atoms with Crippen LogP contribution in [-0.2, 0) is 0 Å². The lowest BCUT2D eigenvalue weighted by atomic mass is 10.2. The maximum absolute atomic E-state index is 5.15. The molecule has 10 heavy (non-hydrogen) atoms. The molecule has 0 spiro atoms. The SMILES string of the molecule is C#C/C(C)=C/CC=C(C)C. The van der Waals surface area contributed by atoms with Crippen LogP contribution in [0.25, 0.3) is 0 Å². The number of rotatable bonds is 2. The number of allylic oxidation sites excluding steroid dienone is 4. The molecule has 0 saturated carbocycles. The third kappa shape index (κ3) is 5.18. The summed E-state index contributed by atoms with van der Waals surface area (Å²) in [6.07, 6.45) is 10.3. The Morgan fingerprint density at radius 3 is 2.30 bits per heavy atom. The molecule has 0 heterocycles. The molecule has 0 nitrogen and oxygen atoms in total. The van der Waals surface area contributed by atoms with Crippen LogP contribution in [0.4, 0.5) is 0 Å². The lowest BCUT2D eigenvalue weighted by molar-refractivity contribution is 1.26. The molecule has 0 aliphatic rings. The van der Waals surface area contributed by atoms with Gasteiger partial charge in [-0.3, -0.25) is 0 Å². The van der Waals surface area contributed by atoms with Crippen molar-refractivity contribution in [3.05, 3.63) is 23.3 Å². The number of terminal acetylenes is 1. The molecule has 0 rings (SSSR count). The highest BCUT2D eigenvalue weighted by molar-refractivity contribution is 5.23. The molecule has 54 valence electrons. The van der Waals surface area contributed by atoms with E-state index >= 15 is 0 Å². The van der Waals surface area contributed by atoms with Crippen molar-refractivity contribution in [3.8, 4) is 12.3 Å². The van der Waals surface area contributed by atoms with Gasteiger partial charge in [-0.05, 0) is 32.8 Å². The van der Waals surface area contributed by atoms with Crippen LogP contribution in [0.3, 0.4) is 0 Å². The first-order valence-electron chi connectivity index (χ1n) is 3.43. The van der Waals surface area contributed by atoms with Crippen molar-refractivity contribution in [3.63, 3.8) is 0 Å². The van der Waals surface area contributed by atoms with Gasteiger partial charge in [0.15, 0.2) is 0 Å². The van der Waals surface area contributed by atoms with E-state index in [1.807, 2.05) is 13.0 Å². The van der Waals surface area contributed by atoms with E-state index in [1.54, 1.807) is 0 Å². The summed E-state index contributed by atoms with van der Waals surface area (Å²) in [4.78, 5) is 0. The third-order valence-electron chi connectivity index (χ3n) is 1.18. The van der Waals surface area contributed by atoms with Crippen LogP contribution in [-0.4, -0.2) is 0 Å². The van der Waals surface area contributed by atoms with E-state index in [9.17, 15) is 0 Å². The zero-order valence-electron chi connectivity index (χ0n) is 6.94. The monoisotopic (exact) mass is 134 g/mol. The third-order valence-corrected chi connectivity index (χ3v) is 1.18. The molecule has 0 aliphatic heterocycles. The van der Waals surface area contributed by atoms with E-state index in [0.717, 1.165) is 12.0 Å². The van der Waals surface area contributed by atoms with Crippen molar-refractivity contribution >= 4 is 0 Å². The Balaban J connectivity index is 3.77. The molecule has 0 heteroatoms. The first-order chi connectivity index (χ1) is 4.66. The fraction of sp³-hybridized carbons (Fsp3) is 0.400. The Morgan fingerprint density at radius 2 is 1.90 bits per heavy atom. The molecule has 0 aromatic carbocycles. The van der Waals surface area contributed by atoms with Crippen LogP contribution in [0.5, 0.6) is 0 Å². The normalized spacial score (nSPS) is 10.4. The van der Waals surface area contributed by atoms with Gasteiger partial charge < -0.3 is 0 Å². The zero-order valence-corrected chi connectivity index (χ0v) is 6.94. The first kappa shape index (κ1) is 9.04. The Labute approximate surface area is 63.6 Å². The van der Waals surface area contributed by atoms with Crippen molar-refractivity contribution in [2.75, 3.05) is 0 Å². The number of hydrogen-bond acceptors (Lipinski definition) is 0. The summed E-state index contributed by atoms with van der Waals surface area (Å²) in [5.74, 6) is 2.57. The van der Waals surface area contributed by atoms with E-state index in [2.05, 4.69) is 25.8 Å². The van der Waals surface area contributed by atoms with Crippen LogP contribution in [0.15, 0.2) is 23.3 Å². The van der Waals surface area contributed by atoms with E-state index in [-0.39, 0.29) is 0 Å². The quantitative estimate of drug-likeness (QED) is 0.402. The Kier molecular flexibility index (Phi) is 4.41. The number of hydrogen-bond donors (Lipinski definition) is 0. The van der Waals surface area contributed by atoms with Gasteiger partial charge in [0, 0.05) is 0 Å². The lowest BCUT2D eigenvalue weighted by Crippen LogP contribution is -1.68. The van der Waals surface area contributed by atoms with Gasteiger partial charge in [-0.15, -0.1) is 6.42 Å². The van der Waals surface area contributed by atoms with E-state index in [4.69, 9.17) is 6.42 Å². The van der Waals surface area contributed by atoms with E-state index in [1.165, 1.54) is 5.57 Å². The lowest BCUT2D eigenvalue weighted by Gasteiger charge is -1.87. The first-order valence-corrected chi connectivity index (χ1v) is 3.43. The molecule has 0 aliphatic carbocycles. The van der Waals surface area contributed by atoms with Crippen LogP contribution >= 0.6 is 0 Å². The summed E-state index contributed by atoms with van der Waals surface area (Å²) in [6, 6.07) is 0. The van der Waals surface area contributed by atoms with Gasteiger partial charge >= 0.3 is 0 Å². The summed E-state index contributed by atoms with van der Waals surface area (Å²) in [7, 11) is 0. The molecule has 0 bridgehead atoms. The minimum absolute atomic E-state index is 0.957. The van der Waals surface area contributed by atoms with Crippen molar-refractivity contribution in [1.82, 2.24) is 0 Å². The van der Waals surface area contributed by atoms with Gasteiger partial charge in [0.2, 0.25) is 0 Å². The van der Waals surface area contributed by atoms with Gasteiger partial charge in [-0.2, -0.15) is 0 Å². The van der Waals surface area contributed by atoms with E-state index < -0.39 is 0 Å². The second kappa shape index (κ2) is 4.88. The van der Waals surface area contributed by atoms with Crippen LogP contribution in [0, 0.1) is 12.3 Å². The highest BCUT2D eigenvalue weighted by Gasteiger charge is 1.78. The largest absolute Gasteiger partial charge is 0.115 e. The average Bonchev–Trinajstić information content (AvgIpc) is 1.87. The van der Waals surface area contributed by atoms with Crippen molar-refractivity contribution < 1.29 is 0 Å². The van der Waals surface area contributed by atoms with Crippen LogP contribution in [0.1, 0.15) is 27.2 Å². The van der Waals surface area contributed by atoms with Crippen LogP contribution in [0.2, 0.25) is 0 Å². The Hall–Kier alpha value is -0.960. The molecule has 0 aromatic rings. The summed E-state index contributed by atoms with van der Waals surface area (Å²) in [5, 5.41) is 0. The van der Waals surface area contributed by atoms with Gasteiger partial charge in [-0.1, -0.05) is 23.6 Å². The molecule has 0 fully saturated rings. The van der Waals surface area contributed by atoms with Crippen molar-refractivity contribution in [1.29, 1.82) is 0 Å². The molecular weight excluding hydrogens is 120 g/mol. The molecule has 0 amide bonds. The van der Waals surface area contributed by atoms with Crippen molar-refractivity contribution in [2.45, 2.75) is 27.2 Å². The maximum Gasteiger partial charge on any atom is -0.00502 e. The fourth-order valence-electron chi connectivity index (χ4n) is 0.530. The standard InChI is InChI=1S/C10H14/c1-5-10(4)8-6-7-9(2)3/h1,7-8H,6H2,2-4H3/b10-8+. The molecule has 0 atom stereocenters. The molecule has 0 saturated heterocycles. The Morgan fingerprint density at radius 1 is 1.30 bits per heavy atom. The molecule has 0 unspecified atom stereocenters. The van der Waals surface area contributed by atoms with Gasteiger partial charge in [0.05, 0.1) is 0 Å². The van der Waals surface area contributed by atoms with Gasteiger partial charge in [0.1, 0.15) is 0 Å². The highest BCUT2D eigenvalue weighted by atomic mass is 13.8. The minimum Gasteiger partial charge on any atom is -0.115 e. The molecule has 0 aromatic heterocycles. The fourth-order valence-corrected chi connectivity index (χ4v) is 0.530. The molecule has 0 radical (unpaired) electrons. The summed E-state index contributed by atoms with van der Waals surface area (Å²) < 4.78 is 0. The molecule has 0 N–H and O–H groups in total. The molecular formula is C10H14. The van der Waals surface area contributed by atoms with Gasteiger partial charge in [0.25, 0.3) is 0 Å². The second-order valence-corrected chi connectivity index (χ2v) is 2.55. The average molecular weight is 134 g/mol. The summed E-state index contributed by atoms with van der Waals surface area (Å²) >= 11 is 0. The highest BCUT2D eigenvalue weighted by Crippen LogP contribution is 1.97. The van der Waals surface area contributed by atoms with Crippen LogP contribution < -0.4 is 0 Å². The predicted octanol–water partition coefficient (Wildman–Crippen LogP) is 2.92. The predicted molar refractivity (Wildman–Crippen MR) is 46.6 cm³/mol. The maximum atomic E-state index is 5.15. The second-order valence-electron chi connectivity index (χ2n) is 2.55. The minimum atomic E-state index is 0.957. The van der Waals surface area contributed by atoms with Gasteiger partial charge in [-0.25, -0.2) is 0 Å². The zero-order chi connectivity index (χ0) is 7.98. The smallest absolute Gasteiger partial charge is 0.00502 e. The Bertz CT molecular complexity index is 183. The van der Waals surface area contributed by atoms with Crippen molar-refractivity contribution in [2.24, 2.45) is 0 Å². The summed E-state index contributed by atoms with van der Waals surface area (Å²) in [5.41, 5.74) is 2.35. The topological polar surface area (TPSA) is 0 Å². The van der Waals surface area contributed by atoms with E-state index in [0.29, 0.717) is 0 Å².